The minimum atomic E-state index is 0.747. The maximum absolute atomic E-state index is 2.16. The van der Waals surface area contributed by atoms with Gasteiger partial charge in [0, 0.05) is 16.6 Å². The fourth-order valence-electron chi connectivity index (χ4n) is 2.05. The molecule has 0 amide bonds. The van der Waals surface area contributed by atoms with Crippen molar-refractivity contribution in [3.8, 4) is 0 Å². The van der Waals surface area contributed by atoms with E-state index in [-0.39, 0.29) is 0 Å². The molecule has 5 aliphatic heterocycles. The maximum atomic E-state index is 2.16. The minimum Gasteiger partial charge on any atom is -0.145 e. The van der Waals surface area contributed by atoms with Crippen LogP contribution >= 0.6 is 118 Å². The van der Waals surface area contributed by atoms with Crippen LogP contribution in [0.5, 0.6) is 0 Å². The molecule has 10 heteroatoms. The van der Waals surface area contributed by atoms with Crippen molar-refractivity contribution in [2.75, 3.05) is 16.6 Å². The number of hydrogen-bond donors (Lipinski definition) is 0. The summed E-state index contributed by atoms with van der Waals surface area (Å²) in [6.45, 7) is 0. The van der Waals surface area contributed by atoms with Crippen molar-refractivity contribution < 1.29 is 0 Å². The van der Waals surface area contributed by atoms with Crippen LogP contribution in [0.15, 0.2) is 25.4 Å². The van der Waals surface area contributed by atoms with Crippen LogP contribution in [0.3, 0.4) is 0 Å². The largest absolute Gasteiger partial charge is 0.145 e. The van der Waals surface area contributed by atoms with Crippen LogP contribution in [-0.4, -0.2) is 25.8 Å². The van der Waals surface area contributed by atoms with Crippen molar-refractivity contribution in [3.05, 3.63) is 25.4 Å². The third-order valence-corrected chi connectivity index (χ3v) is 19.0. The monoisotopic (exact) mass is 460 g/mol. The Morgan fingerprint density at radius 3 is 1.67 bits per heavy atom. The smallest absolute Gasteiger partial charge is 0.0818 e. The first-order chi connectivity index (χ1) is 10.4. The Labute approximate surface area is 167 Å². The quantitative estimate of drug-likeness (QED) is 0.387. The maximum Gasteiger partial charge on any atom is 0.0818 e. The summed E-state index contributed by atoms with van der Waals surface area (Å²) in [4.78, 5) is 0. The highest BCUT2D eigenvalue weighted by Gasteiger charge is 2.40. The summed E-state index contributed by atoms with van der Waals surface area (Å²) in [5.74, 6) is 2.68. The zero-order valence-electron chi connectivity index (χ0n) is 10.4. The van der Waals surface area contributed by atoms with Gasteiger partial charge in [-0.05, 0) is 0 Å². The van der Waals surface area contributed by atoms with Crippen LogP contribution in [-0.2, 0) is 0 Å². The van der Waals surface area contributed by atoms with Crippen LogP contribution in [0.25, 0.3) is 0 Å². The molecule has 0 N–H and O–H groups in total. The van der Waals surface area contributed by atoms with Crippen LogP contribution in [0.2, 0.25) is 0 Å². The van der Waals surface area contributed by atoms with E-state index < -0.39 is 0 Å². The molecule has 5 heterocycles. The number of thioether (sulfide) groups is 10. The predicted molar refractivity (Wildman–Crippen MR) is 119 cm³/mol. The lowest BCUT2D eigenvalue weighted by Gasteiger charge is -2.16. The Hall–Kier alpha value is 2.72. The molecule has 0 radical (unpaired) electrons. The highest BCUT2D eigenvalue weighted by Crippen LogP contribution is 2.72. The van der Waals surface area contributed by atoms with Crippen LogP contribution in [0.1, 0.15) is 0 Å². The average molecular weight is 461 g/mol. The molecule has 21 heavy (non-hydrogen) atoms. The van der Waals surface area contributed by atoms with Crippen LogP contribution in [0.4, 0.5) is 0 Å². The molecular formula is C11H8S10. The second kappa shape index (κ2) is 6.79. The van der Waals surface area contributed by atoms with Gasteiger partial charge in [0.05, 0.1) is 34.6 Å². The van der Waals surface area contributed by atoms with Crippen molar-refractivity contribution in [3.63, 3.8) is 0 Å². The van der Waals surface area contributed by atoms with E-state index in [4.69, 9.17) is 0 Å². The molecular weight excluding hydrogens is 453 g/mol. The molecule has 5 aliphatic rings. The number of hydrogen-bond acceptors (Lipinski definition) is 10. The van der Waals surface area contributed by atoms with E-state index in [2.05, 4.69) is 47.0 Å². The fourth-order valence-corrected chi connectivity index (χ4v) is 19.4. The van der Waals surface area contributed by atoms with Gasteiger partial charge in [-0.1, -0.05) is 47.0 Å². The second-order valence-electron chi connectivity index (χ2n) is 4.25. The van der Waals surface area contributed by atoms with Crippen LogP contribution < -0.4 is 0 Å². The third-order valence-electron chi connectivity index (χ3n) is 2.94. The molecule has 0 aliphatic carbocycles. The zero-order valence-corrected chi connectivity index (χ0v) is 18.5. The van der Waals surface area contributed by atoms with Crippen molar-refractivity contribution in [2.45, 2.75) is 9.16 Å². The summed E-state index contributed by atoms with van der Waals surface area (Å²) in [7, 11) is 0. The topological polar surface area (TPSA) is 0 Å². The van der Waals surface area contributed by atoms with E-state index in [1.807, 2.05) is 70.6 Å². The standard InChI is InChI=1S/C11H8S10/c1-2-13-4(12-1)7-18-10-11(19-7)21-9(20-10)8-16-5-6(17-8)15-3-14-5/h4,7H,1-3H2. The molecule has 0 bridgehead atoms. The van der Waals surface area contributed by atoms with Gasteiger partial charge in [-0.2, -0.15) is 0 Å². The average Bonchev–Trinajstić information content (AvgIpc) is 3.23. The Kier molecular flexibility index (Phi) is 5.16. The summed E-state index contributed by atoms with van der Waals surface area (Å²) in [6, 6.07) is 0. The molecule has 0 atom stereocenters. The zero-order chi connectivity index (χ0) is 13.8. The van der Waals surface area contributed by atoms with Crippen molar-refractivity contribution in [1.29, 1.82) is 0 Å². The molecule has 0 aromatic rings. The Bertz CT molecular complexity index is 546. The molecule has 0 aromatic heterocycles. The number of rotatable bonds is 1. The van der Waals surface area contributed by atoms with Crippen molar-refractivity contribution in [1.82, 2.24) is 0 Å². The lowest BCUT2D eigenvalue weighted by molar-refractivity contribution is 1.39. The van der Waals surface area contributed by atoms with Gasteiger partial charge < -0.3 is 0 Å². The molecule has 1 saturated heterocycles. The molecule has 0 nitrogen and oxygen atoms in total. The summed E-state index contributed by atoms with van der Waals surface area (Å²) >= 11 is 20.7. The molecule has 0 spiro atoms. The second-order valence-corrected chi connectivity index (χ2v) is 17.6. The van der Waals surface area contributed by atoms with E-state index in [9.17, 15) is 0 Å². The van der Waals surface area contributed by atoms with E-state index in [1.165, 1.54) is 25.1 Å². The third kappa shape index (κ3) is 3.14. The highest BCUT2D eigenvalue weighted by molar-refractivity contribution is 8.49. The van der Waals surface area contributed by atoms with Gasteiger partial charge in [-0.3, -0.25) is 0 Å². The summed E-state index contributed by atoms with van der Waals surface area (Å²) < 4.78 is 10.9. The molecule has 0 unspecified atom stereocenters. The highest BCUT2D eigenvalue weighted by atomic mass is 32.3. The van der Waals surface area contributed by atoms with Crippen molar-refractivity contribution in [2.24, 2.45) is 0 Å². The normalized spacial score (nSPS) is 30.3. The first-order valence-corrected chi connectivity index (χ1v) is 15.2. The molecule has 0 aromatic carbocycles. The fraction of sp³-hybridized carbons (Fsp3) is 0.455. The summed E-state index contributed by atoms with van der Waals surface area (Å²) in [6.07, 6.45) is 0. The predicted octanol–water partition coefficient (Wildman–Crippen LogP) is 7.38. The summed E-state index contributed by atoms with van der Waals surface area (Å²) in [5.41, 5.74) is 0. The molecule has 1 fully saturated rings. The minimum absolute atomic E-state index is 0.747. The van der Waals surface area contributed by atoms with Gasteiger partial charge in [0.1, 0.15) is 0 Å². The summed E-state index contributed by atoms with van der Waals surface area (Å²) in [5, 5.41) is 1.21. The van der Waals surface area contributed by atoms with E-state index in [1.54, 1.807) is 16.9 Å². The van der Waals surface area contributed by atoms with Gasteiger partial charge in [-0.25, -0.2) is 0 Å². The van der Waals surface area contributed by atoms with Gasteiger partial charge in [-0.15, -0.1) is 70.6 Å². The Morgan fingerprint density at radius 1 is 0.571 bits per heavy atom. The van der Waals surface area contributed by atoms with E-state index >= 15 is 0 Å². The van der Waals surface area contributed by atoms with Gasteiger partial charge in [0.25, 0.3) is 0 Å². The Morgan fingerprint density at radius 2 is 1.10 bits per heavy atom. The molecule has 0 saturated carbocycles. The lowest BCUT2D eigenvalue weighted by Crippen LogP contribution is -2.07. The van der Waals surface area contributed by atoms with E-state index in [0.29, 0.717) is 0 Å². The molecule has 5 rings (SSSR count). The first kappa shape index (κ1) is 15.9. The van der Waals surface area contributed by atoms with Gasteiger partial charge in [0.15, 0.2) is 0 Å². The Balaban J connectivity index is 1.26. The molecule has 112 valence electrons. The van der Waals surface area contributed by atoms with Crippen LogP contribution in [0, 0.1) is 0 Å². The van der Waals surface area contributed by atoms with Crippen molar-refractivity contribution >= 4 is 118 Å². The SMILES string of the molecule is C1SC2=C(S1)SC(=C1SC3=C(S1)SC(C1SCCS1)S3)S2. The lowest BCUT2D eigenvalue weighted by atomic mass is 10.9. The van der Waals surface area contributed by atoms with Gasteiger partial charge >= 0.3 is 0 Å². The van der Waals surface area contributed by atoms with E-state index in [0.717, 1.165) is 9.16 Å². The first-order valence-electron chi connectivity index (χ1n) is 6.13. The van der Waals surface area contributed by atoms with Gasteiger partial charge in [0.2, 0.25) is 0 Å².